The van der Waals surface area contributed by atoms with Gasteiger partial charge >= 0.3 is 0 Å². The average molecular weight is 370 g/mol. The topological polar surface area (TPSA) is 29.5 Å². The number of likely N-dealkylation sites (tertiary alicyclic amines) is 1. The Labute approximate surface area is 160 Å². The highest BCUT2D eigenvalue weighted by atomic mass is 32.2. The van der Waals surface area contributed by atoms with E-state index in [1.54, 1.807) is 18.9 Å². The number of ether oxygens (including phenoxy) is 1. The van der Waals surface area contributed by atoms with Crippen molar-refractivity contribution in [1.82, 2.24) is 4.90 Å². The van der Waals surface area contributed by atoms with Crippen LogP contribution in [0.4, 0.5) is 0 Å². The molecular weight excluding hydrogens is 342 g/mol. The van der Waals surface area contributed by atoms with Crippen molar-refractivity contribution in [3.05, 3.63) is 60.2 Å². The first kappa shape index (κ1) is 18.8. The third-order valence-corrected chi connectivity index (χ3v) is 6.11. The Morgan fingerprint density at radius 2 is 1.77 bits per heavy atom. The number of amides is 1. The van der Waals surface area contributed by atoms with Gasteiger partial charge in [0.05, 0.1) is 12.4 Å². The number of rotatable bonds is 6. The molecule has 4 heteroatoms. The summed E-state index contributed by atoms with van der Waals surface area (Å²) in [5.74, 6) is 1.78. The van der Waals surface area contributed by atoms with Crippen LogP contribution in [-0.4, -0.2) is 36.3 Å². The molecule has 1 aliphatic heterocycles. The summed E-state index contributed by atoms with van der Waals surface area (Å²) in [5.41, 5.74) is 1.40. The molecule has 1 fully saturated rings. The molecule has 0 bridgehead atoms. The van der Waals surface area contributed by atoms with Gasteiger partial charge in [-0.2, -0.15) is 0 Å². The third-order valence-electron chi connectivity index (χ3n) is 5.01. The minimum absolute atomic E-state index is 0.0610. The van der Waals surface area contributed by atoms with E-state index in [9.17, 15) is 4.79 Å². The molecule has 26 heavy (non-hydrogen) atoms. The van der Waals surface area contributed by atoms with E-state index < -0.39 is 0 Å². The van der Waals surface area contributed by atoms with Gasteiger partial charge in [0.25, 0.3) is 0 Å². The number of thioether (sulfide) groups is 1. The van der Waals surface area contributed by atoms with Crippen LogP contribution in [0, 0.1) is 5.92 Å². The van der Waals surface area contributed by atoms with Crippen molar-refractivity contribution < 1.29 is 9.53 Å². The summed E-state index contributed by atoms with van der Waals surface area (Å²) >= 11 is 1.62. The molecule has 0 unspecified atom stereocenters. The predicted molar refractivity (Wildman–Crippen MR) is 108 cm³/mol. The molecule has 0 aliphatic carbocycles. The van der Waals surface area contributed by atoms with Crippen molar-refractivity contribution in [3.8, 4) is 5.75 Å². The van der Waals surface area contributed by atoms with Crippen LogP contribution in [0.15, 0.2) is 59.5 Å². The van der Waals surface area contributed by atoms with Crippen molar-refractivity contribution >= 4 is 17.7 Å². The number of benzene rings is 2. The molecule has 0 aromatic heterocycles. The molecule has 138 valence electrons. The lowest BCUT2D eigenvalue weighted by atomic mass is 9.90. The normalized spacial score (nSPS) is 16.3. The summed E-state index contributed by atoms with van der Waals surface area (Å²) in [7, 11) is 1.66. The third kappa shape index (κ3) is 5.04. The van der Waals surface area contributed by atoms with E-state index in [-0.39, 0.29) is 11.2 Å². The zero-order chi connectivity index (χ0) is 18.4. The number of carbonyl (C=O) groups excluding carboxylic acids is 1. The molecule has 0 N–H and O–H groups in total. The van der Waals surface area contributed by atoms with Crippen LogP contribution in [0.25, 0.3) is 0 Å². The second-order valence-corrected chi connectivity index (χ2v) is 8.31. The van der Waals surface area contributed by atoms with Gasteiger partial charge in [0, 0.05) is 18.0 Å². The lowest BCUT2D eigenvalue weighted by Gasteiger charge is -2.33. The zero-order valence-electron chi connectivity index (χ0n) is 15.6. The highest BCUT2D eigenvalue weighted by Crippen LogP contribution is 2.28. The SMILES string of the molecule is COc1ccc(S[C@@H](C)C(=O)N2CCC(Cc3ccccc3)CC2)cc1. The maximum Gasteiger partial charge on any atom is 0.235 e. The van der Waals surface area contributed by atoms with Crippen LogP contribution >= 0.6 is 11.8 Å². The highest BCUT2D eigenvalue weighted by molar-refractivity contribution is 8.00. The lowest BCUT2D eigenvalue weighted by molar-refractivity contribution is -0.131. The van der Waals surface area contributed by atoms with Crippen LogP contribution in [0.3, 0.4) is 0 Å². The lowest BCUT2D eigenvalue weighted by Crippen LogP contribution is -2.42. The van der Waals surface area contributed by atoms with Crippen molar-refractivity contribution in [2.24, 2.45) is 5.92 Å². The quantitative estimate of drug-likeness (QED) is 0.694. The maximum absolute atomic E-state index is 12.8. The van der Waals surface area contributed by atoms with Crippen LogP contribution < -0.4 is 4.74 Å². The molecule has 1 saturated heterocycles. The largest absolute Gasteiger partial charge is 0.497 e. The Balaban J connectivity index is 1.47. The van der Waals surface area contributed by atoms with Gasteiger partial charge in [-0.25, -0.2) is 0 Å². The molecule has 2 aromatic rings. The molecule has 3 nitrogen and oxygen atoms in total. The fraction of sp³-hybridized carbons (Fsp3) is 0.409. The number of piperidine rings is 1. The van der Waals surface area contributed by atoms with Gasteiger partial charge in [0.2, 0.25) is 5.91 Å². The molecule has 0 saturated carbocycles. The molecule has 0 radical (unpaired) electrons. The van der Waals surface area contributed by atoms with Gasteiger partial charge in [-0.15, -0.1) is 11.8 Å². The van der Waals surface area contributed by atoms with Crippen LogP contribution in [0.5, 0.6) is 5.75 Å². The number of hydrogen-bond acceptors (Lipinski definition) is 3. The van der Waals surface area contributed by atoms with Gasteiger partial charge in [-0.1, -0.05) is 30.3 Å². The minimum Gasteiger partial charge on any atom is -0.497 e. The van der Waals surface area contributed by atoms with E-state index in [1.807, 2.05) is 36.1 Å². The number of methoxy groups -OCH3 is 1. The zero-order valence-corrected chi connectivity index (χ0v) is 16.4. The fourth-order valence-electron chi connectivity index (χ4n) is 3.47. The Bertz CT molecular complexity index is 694. The average Bonchev–Trinajstić information content (AvgIpc) is 2.69. The van der Waals surface area contributed by atoms with E-state index in [4.69, 9.17) is 4.74 Å². The number of nitrogens with zero attached hydrogens (tertiary/aromatic N) is 1. The van der Waals surface area contributed by atoms with Crippen molar-refractivity contribution in [1.29, 1.82) is 0 Å². The first-order valence-corrected chi connectivity index (χ1v) is 10.2. The second-order valence-electron chi connectivity index (χ2n) is 6.89. The summed E-state index contributed by atoms with van der Waals surface area (Å²) in [5, 5.41) is -0.0610. The Morgan fingerprint density at radius 3 is 2.38 bits per heavy atom. The molecular formula is C22H27NO2S. The smallest absolute Gasteiger partial charge is 0.235 e. The van der Waals surface area contributed by atoms with Crippen molar-refractivity contribution in [2.45, 2.75) is 36.3 Å². The Kier molecular flexibility index (Phi) is 6.62. The molecule has 0 spiro atoms. The molecule has 2 aromatic carbocycles. The van der Waals surface area contributed by atoms with E-state index in [2.05, 4.69) is 30.3 Å². The standard InChI is InChI=1S/C22H27NO2S/c1-17(26-21-10-8-20(25-2)9-11-21)22(24)23-14-12-19(13-15-23)16-18-6-4-3-5-7-18/h3-11,17,19H,12-16H2,1-2H3/t17-/m0/s1. The monoisotopic (exact) mass is 369 g/mol. The summed E-state index contributed by atoms with van der Waals surface area (Å²) in [6.45, 7) is 3.76. The Morgan fingerprint density at radius 1 is 1.12 bits per heavy atom. The Hall–Kier alpha value is -1.94. The molecule has 1 amide bonds. The number of hydrogen-bond donors (Lipinski definition) is 0. The molecule has 1 heterocycles. The summed E-state index contributed by atoms with van der Waals surface area (Å²) in [4.78, 5) is 15.9. The predicted octanol–water partition coefficient (Wildman–Crippen LogP) is 4.66. The van der Waals surface area contributed by atoms with Gasteiger partial charge in [-0.3, -0.25) is 4.79 Å². The first-order valence-electron chi connectivity index (χ1n) is 9.29. The van der Waals surface area contributed by atoms with Gasteiger partial charge < -0.3 is 9.64 Å². The van der Waals surface area contributed by atoms with Crippen molar-refractivity contribution in [3.63, 3.8) is 0 Å². The van der Waals surface area contributed by atoms with Gasteiger partial charge in [0.15, 0.2) is 0 Å². The van der Waals surface area contributed by atoms with E-state index in [0.29, 0.717) is 5.92 Å². The van der Waals surface area contributed by atoms with E-state index >= 15 is 0 Å². The van der Waals surface area contributed by atoms with Crippen LogP contribution in [0.2, 0.25) is 0 Å². The fourth-order valence-corrected chi connectivity index (χ4v) is 4.42. The summed E-state index contributed by atoms with van der Waals surface area (Å²) in [6.07, 6.45) is 3.32. The van der Waals surface area contributed by atoms with Crippen molar-refractivity contribution in [2.75, 3.05) is 20.2 Å². The maximum atomic E-state index is 12.8. The minimum atomic E-state index is -0.0610. The van der Waals surface area contributed by atoms with Gasteiger partial charge in [-0.05, 0) is 61.9 Å². The van der Waals surface area contributed by atoms with Gasteiger partial charge in [0.1, 0.15) is 5.75 Å². The van der Waals surface area contributed by atoms with Crippen LogP contribution in [0.1, 0.15) is 25.3 Å². The summed E-state index contributed by atoms with van der Waals surface area (Å²) in [6, 6.07) is 18.6. The second kappa shape index (κ2) is 9.13. The molecule has 3 rings (SSSR count). The summed E-state index contributed by atoms with van der Waals surface area (Å²) < 4.78 is 5.18. The van der Waals surface area contributed by atoms with Crippen LogP contribution in [-0.2, 0) is 11.2 Å². The molecule has 1 aliphatic rings. The molecule has 1 atom stereocenters. The van der Waals surface area contributed by atoms with E-state index in [0.717, 1.165) is 43.0 Å². The first-order chi connectivity index (χ1) is 12.7. The van der Waals surface area contributed by atoms with E-state index in [1.165, 1.54) is 5.56 Å². The number of carbonyl (C=O) groups is 1. The highest BCUT2D eigenvalue weighted by Gasteiger charge is 2.26.